The molecule has 0 N–H and O–H groups in total. The van der Waals surface area contributed by atoms with Crippen molar-refractivity contribution in [2.45, 2.75) is 19.3 Å². The monoisotopic (exact) mass is 755 g/mol. The fraction of sp³-hybridized carbons (Fsp3) is 0.0526. The Morgan fingerprint density at radius 3 is 1.63 bits per heavy atom. The van der Waals surface area contributed by atoms with Crippen LogP contribution in [0.25, 0.3) is 77.6 Å². The summed E-state index contributed by atoms with van der Waals surface area (Å²) in [5.74, 6) is 0. The van der Waals surface area contributed by atoms with Crippen molar-refractivity contribution < 1.29 is 4.42 Å². The number of para-hydroxylation sites is 3. The molecule has 280 valence electrons. The molecular weight excluding hydrogens is 715 g/mol. The Morgan fingerprint density at radius 2 is 0.864 bits per heavy atom. The third kappa shape index (κ3) is 5.71. The van der Waals surface area contributed by atoms with Crippen molar-refractivity contribution in [1.82, 2.24) is 0 Å². The van der Waals surface area contributed by atoms with Gasteiger partial charge in [0.25, 0.3) is 0 Å². The first-order valence-corrected chi connectivity index (χ1v) is 20.4. The molecule has 0 aliphatic heterocycles. The summed E-state index contributed by atoms with van der Waals surface area (Å²) in [6, 6.07) is 77.0. The van der Waals surface area contributed by atoms with E-state index in [-0.39, 0.29) is 5.41 Å². The standard InChI is InChI=1S/C57H41NO/c1-57(2)49-27-13-9-24-45(49)48-36-40(33-35-50(48)57)44-26-17-30-53(56(44)39-20-7-4-8-21-39)58(51-28-14-10-22-42(51)38-18-5-3-6-19-38)52-29-15-11-23-43(52)41-32-34-47-46-25-12-16-31-54(46)59-55(47)37-41/h3-37H,1-2H3. The van der Waals surface area contributed by atoms with Gasteiger partial charge in [0.2, 0.25) is 0 Å². The molecule has 11 rings (SSSR count). The number of fused-ring (bicyclic) bond motifs is 6. The molecule has 1 aliphatic carbocycles. The molecule has 10 aromatic rings. The van der Waals surface area contributed by atoms with Crippen LogP contribution in [0.3, 0.4) is 0 Å². The van der Waals surface area contributed by atoms with Crippen molar-refractivity contribution in [3.8, 4) is 55.6 Å². The highest BCUT2D eigenvalue weighted by Crippen LogP contribution is 2.53. The number of hydrogen-bond acceptors (Lipinski definition) is 2. The van der Waals surface area contributed by atoms with Gasteiger partial charge in [0.1, 0.15) is 11.2 Å². The summed E-state index contributed by atoms with van der Waals surface area (Å²) in [6.07, 6.45) is 0. The minimum Gasteiger partial charge on any atom is -0.456 e. The molecule has 0 radical (unpaired) electrons. The zero-order chi connectivity index (χ0) is 39.5. The smallest absolute Gasteiger partial charge is 0.136 e. The van der Waals surface area contributed by atoms with Crippen LogP contribution in [0.4, 0.5) is 17.1 Å². The van der Waals surface area contributed by atoms with E-state index in [1.165, 1.54) is 38.9 Å². The summed E-state index contributed by atoms with van der Waals surface area (Å²) in [5, 5.41) is 2.25. The second-order valence-electron chi connectivity index (χ2n) is 16.0. The second-order valence-corrected chi connectivity index (χ2v) is 16.0. The number of hydrogen-bond donors (Lipinski definition) is 0. The molecule has 0 bridgehead atoms. The molecule has 0 saturated carbocycles. The van der Waals surface area contributed by atoms with Gasteiger partial charge >= 0.3 is 0 Å². The highest BCUT2D eigenvalue weighted by molar-refractivity contribution is 6.07. The van der Waals surface area contributed by atoms with Crippen molar-refractivity contribution in [3.63, 3.8) is 0 Å². The lowest BCUT2D eigenvalue weighted by molar-refractivity contribution is 0.660. The molecule has 0 amide bonds. The van der Waals surface area contributed by atoms with Gasteiger partial charge in [-0.2, -0.15) is 0 Å². The Hall–Kier alpha value is -7.42. The lowest BCUT2D eigenvalue weighted by Crippen LogP contribution is -2.15. The number of rotatable bonds is 7. The number of benzene rings is 9. The maximum Gasteiger partial charge on any atom is 0.136 e. The van der Waals surface area contributed by atoms with Crippen LogP contribution in [0.1, 0.15) is 25.0 Å². The van der Waals surface area contributed by atoms with Gasteiger partial charge in [-0.25, -0.2) is 0 Å². The predicted octanol–water partition coefficient (Wildman–Crippen LogP) is 16.0. The number of furan rings is 1. The van der Waals surface area contributed by atoms with Crippen LogP contribution in [0.15, 0.2) is 217 Å². The Morgan fingerprint density at radius 1 is 0.339 bits per heavy atom. The summed E-state index contributed by atoms with van der Waals surface area (Å²) < 4.78 is 6.46. The van der Waals surface area contributed by atoms with Gasteiger partial charge in [-0.1, -0.05) is 184 Å². The molecule has 0 atom stereocenters. The highest BCUT2D eigenvalue weighted by atomic mass is 16.3. The van der Waals surface area contributed by atoms with E-state index >= 15 is 0 Å². The van der Waals surface area contributed by atoms with Gasteiger partial charge in [-0.3, -0.25) is 0 Å². The minimum atomic E-state index is -0.0678. The van der Waals surface area contributed by atoms with E-state index in [0.717, 1.165) is 66.8 Å². The zero-order valence-corrected chi connectivity index (χ0v) is 33.1. The van der Waals surface area contributed by atoms with Crippen molar-refractivity contribution >= 4 is 39.0 Å². The van der Waals surface area contributed by atoms with Crippen LogP contribution in [-0.4, -0.2) is 0 Å². The first-order chi connectivity index (χ1) is 29.0. The number of anilines is 3. The van der Waals surface area contributed by atoms with Crippen LogP contribution in [0, 0.1) is 0 Å². The normalized spacial score (nSPS) is 12.7. The third-order valence-electron chi connectivity index (χ3n) is 12.3. The van der Waals surface area contributed by atoms with E-state index in [1.807, 2.05) is 12.1 Å². The van der Waals surface area contributed by atoms with Crippen LogP contribution in [0.5, 0.6) is 0 Å². The van der Waals surface area contributed by atoms with Crippen molar-refractivity contribution in [2.75, 3.05) is 4.90 Å². The Balaban J connectivity index is 1.19. The zero-order valence-electron chi connectivity index (χ0n) is 33.1. The van der Waals surface area contributed by atoms with Crippen molar-refractivity contribution in [1.29, 1.82) is 0 Å². The molecule has 1 aliphatic rings. The fourth-order valence-corrected chi connectivity index (χ4v) is 9.49. The number of nitrogens with zero attached hydrogens (tertiary/aromatic N) is 1. The molecule has 0 spiro atoms. The van der Waals surface area contributed by atoms with Gasteiger partial charge in [-0.05, 0) is 92.5 Å². The quantitative estimate of drug-likeness (QED) is 0.161. The summed E-state index contributed by atoms with van der Waals surface area (Å²) in [7, 11) is 0. The molecule has 1 heterocycles. The molecule has 0 unspecified atom stereocenters. The first-order valence-electron chi connectivity index (χ1n) is 20.4. The minimum absolute atomic E-state index is 0.0678. The topological polar surface area (TPSA) is 16.4 Å². The average molecular weight is 756 g/mol. The molecule has 2 heteroatoms. The third-order valence-corrected chi connectivity index (χ3v) is 12.3. The summed E-state index contributed by atoms with van der Waals surface area (Å²) in [5.41, 5.74) is 19.6. The van der Waals surface area contributed by atoms with Gasteiger partial charge < -0.3 is 9.32 Å². The maximum absolute atomic E-state index is 6.46. The van der Waals surface area contributed by atoms with Gasteiger partial charge in [0.05, 0.1) is 17.1 Å². The van der Waals surface area contributed by atoms with Gasteiger partial charge in [0, 0.05) is 32.9 Å². The average Bonchev–Trinajstić information content (AvgIpc) is 3.78. The van der Waals surface area contributed by atoms with E-state index in [4.69, 9.17) is 4.42 Å². The van der Waals surface area contributed by atoms with Crippen LogP contribution in [0.2, 0.25) is 0 Å². The summed E-state index contributed by atoms with van der Waals surface area (Å²) in [6.45, 7) is 4.69. The van der Waals surface area contributed by atoms with E-state index in [1.54, 1.807) is 0 Å². The molecule has 2 nitrogen and oxygen atoms in total. The van der Waals surface area contributed by atoms with E-state index < -0.39 is 0 Å². The lowest BCUT2D eigenvalue weighted by atomic mass is 9.82. The highest BCUT2D eigenvalue weighted by Gasteiger charge is 2.35. The van der Waals surface area contributed by atoms with E-state index in [9.17, 15) is 0 Å². The molecule has 9 aromatic carbocycles. The molecule has 0 saturated heterocycles. The SMILES string of the molecule is CC1(C)c2ccccc2-c2cc(-c3cccc(N(c4ccccc4-c4ccccc4)c4ccccc4-c4ccc5c(c4)oc4ccccc45)c3-c3ccccc3)ccc21. The molecule has 0 fully saturated rings. The summed E-state index contributed by atoms with van der Waals surface area (Å²) >= 11 is 0. The van der Waals surface area contributed by atoms with E-state index in [2.05, 4.69) is 219 Å². The maximum atomic E-state index is 6.46. The lowest BCUT2D eigenvalue weighted by Gasteiger charge is -2.32. The van der Waals surface area contributed by atoms with Crippen LogP contribution in [-0.2, 0) is 5.41 Å². The van der Waals surface area contributed by atoms with Crippen LogP contribution >= 0.6 is 0 Å². The Kier molecular flexibility index (Phi) is 8.20. The Bertz CT molecular complexity index is 3190. The molecule has 1 aromatic heterocycles. The van der Waals surface area contributed by atoms with Crippen LogP contribution < -0.4 is 4.90 Å². The van der Waals surface area contributed by atoms with E-state index in [0.29, 0.717) is 0 Å². The molecule has 59 heavy (non-hydrogen) atoms. The second kappa shape index (κ2) is 13.9. The summed E-state index contributed by atoms with van der Waals surface area (Å²) in [4.78, 5) is 2.48. The largest absolute Gasteiger partial charge is 0.456 e. The Labute approximate surface area is 345 Å². The van der Waals surface area contributed by atoms with Gasteiger partial charge in [0.15, 0.2) is 0 Å². The van der Waals surface area contributed by atoms with Crippen molar-refractivity contribution in [2.24, 2.45) is 0 Å². The van der Waals surface area contributed by atoms with Crippen molar-refractivity contribution in [3.05, 3.63) is 223 Å². The van der Waals surface area contributed by atoms with Gasteiger partial charge in [-0.15, -0.1) is 0 Å². The molecular formula is C57H41NO. The predicted molar refractivity (Wildman–Crippen MR) is 248 cm³/mol. The first kappa shape index (κ1) is 34.8. The fourth-order valence-electron chi connectivity index (χ4n) is 9.49.